The molecule has 1 atom stereocenters. The zero-order valence-corrected chi connectivity index (χ0v) is 7.88. The summed E-state index contributed by atoms with van der Waals surface area (Å²) in [6.45, 7) is 2.11. The molecule has 70 valence electrons. The Hall–Kier alpha value is -1.02. The maximum absolute atomic E-state index is 9.47. The van der Waals surface area contributed by atoms with E-state index in [0.717, 1.165) is 24.8 Å². The summed E-state index contributed by atoms with van der Waals surface area (Å²) in [5.74, 6) is 0.355. The predicted octanol–water partition coefficient (Wildman–Crippen LogP) is 1.90. The molecule has 0 radical (unpaired) electrons. The van der Waals surface area contributed by atoms with Crippen LogP contribution in [0.1, 0.15) is 36.1 Å². The highest BCUT2D eigenvalue weighted by atomic mass is 16.3. The Morgan fingerprint density at radius 2 is 2.31 bits per heavy atom. The Morgan fingerprint density at radius 1 is 1.54 bits per heavy atom. The van der Waals surface area contributed by atoms with Crippen molar-refractivity contribution in [3.63, 3.8) is 0 Å². The van der Waals surface area contributed by atoms with Crippen LogP contribution in [-0.2, 0) is 12.8 Å². The van der Waals surface area contributed by atoms with Gasteiger partial charge in [0.05, 0.1) is 0 Å². The maximum atomic E-state index is 9.47. The largest absolute Gasteiger partial charge is 0.508 e. The summed E-state index contributed by atoms with van der Waals surface area (Å²) in [5.41, 5.74) is 9.70. The summed E-state index contributed by atoms with van der Waals surface area (Å²) in [4.78, 5) is 0. The van der Waals surface area contributed by atoms with E-state index in [2.05, 4.69) is 6.92 Å². The van der Waals surface area contributed by atoms with Gasteiger partial charge in [0.15, 0.2) is 0 Å². The van der Waals surface area contributed by atoms with Crippen LogP contribution >= 0.6 is 0 Å². The molecule has 1 aliphatic carbocycles. The highest BCUT2D eigenvalue weighted by molar-refractivity contribution is 5.45. The van der Waals surface area contributed by atoms with E-state index in [1.165, 1.54) is 11.1 Å². The van der Waals surface area contributed by atoms with Crippen LogP contribution in [0.2, 0.25) is 0 Å². The number of phenolic OH excluding ortho intramolecular Hbond substituents is 1. The van der Waals surface area contributed by atoms with Crippen LogP contribution in [0, 0.1) is 0 Å². The van der Waals surface area contributed by atoms with Crippen molar-refractivity contribution >= 4 is 0 Å². The van der Waals surface area contributed by atoms with Crippen molar-refractivity contribution in [1.29, 1.82) is 0 Å². The molecule has 0 heterocycles. The fourth-order valence-corrected chi connectivity index (χ4v) is 2.15. The van der Waals surface area contributed by atoms with Crippen LogP contribution in [0.15, 0.2) is 12.1 Å². The molecule has 1 aromatic rings. The monoisotopic (exact) mass is 177 g/mol. The maximum Gasteiger partial charge on any atom is 0.116 e. The van der Waals surface area contributed by atoms with Crippen molar-refractivity contribution in [1.82, 2.24) is 0 Å². The van der Waals surface area contributed by atoms with Crippen LogP contribution in [0.4, 0.5) is 0 Å². The molecule has 13 heavy (non-hydrogen) atoms. The van der Waals surface area contributed by atoms with Crippen LogP contribution in [0.25, 0.3) is 0 Å². The van der Waals surface area contributed by atoms with E-state index in [4.69, 9.17) is 5.73 Å². The minimum Gasteiger partial charge on any atom is -0.508 e. The first-order valence-corrected chi connectivity index (χ1v) is 4.82. The van der Waals surface area contributed by atoms with Gasteiger partial charge in [-0.25, -0.2) is 0 Å². The molecule has 3 N–H and O–H groups in total. The number of hydrogen-bond acceptors (Lipinski definition) is 2. The summed E-state index contributed by atoms with van der Waals surface area (Å²) < 4.78 is 0. The third kappa shape index (κ3) is 1.31. The molecule has 0 bridgehead atoms. The van der Waals surface area contributed by atoms with Gasteiger partial charge in [0, 0.05) is 6.04 Å². The minimum atomic E-state index is 0.132. The lowest BCUT2D eigenvalue weighted by atomic mass is 10.00. The molecular formula is C11H15NO. The van der Waals surface area contributed by atoms with Crippen LogP contribution in [-0.4, -0.2) is 5.11 Å². The Bertz CT molecular complexity index is 333. The average Bonchev–Trinajstić information content (AvgIpc) is 2.47. The highest BCUT2D eigenvalue weighted by Crippen LogP contribution is 2.34. The molecule has 0 spiro atoms. The van der Waals surface area contributed by atoms with Gasteiger partial charge in [0.2, 0.25) is 0 Å². The first-order chi connectivity index (χ1) is 6.22. The van der Waals surface area contributed by atoms with Crippen molar-refractivity contribution in [2.45, 2.75) is 32.2 Å². The van der Waals surface area contributed by atoms with Crippen molar-refractivity contribution in [3.05, 3.63) is 28.8 Å². The predicted molar refractivity (Wildman–Crippen MR) is 52.7 cm³/mol. The van der Waals surface area contributed by atoms with Crippen molar-refractivity contribution in [2.75, 3.05) is 0 Å². The van der Waals surface area contributed by atoms with Crippen LogP contribution in [0.5, 0.6) is 5.75 Å². The molecule has 1 unspecified atom stereocenters. The van der Waals surface area contributed by atoms with E-state index in [9.17, 15) is 5.11 Å². The molecule has 0 saturated carbocycles. The second kappa shape index (κ2) is 3.04. The fraction of sp³-hybridized carbons (Fsp3) is 0.455. The van der Waals surface area contributed by atoms with Crippen LogP contribution in [0.3, 0.4) is 0 Å². The number of benzene rings is 1. The Balaban J connectivity index is 2.56. The summed E-state index contributed by atoms with van der Waals surface area (Å²) in [6.07, 6.45) is 3.06. The van der Waals surface area contributed by atoms with Gasteiger partial charge >= 0.3 is 0 Å². The Labute approximate surface area is 78.4 Å². The lowest BCUT2D eigenvalue weighted by Crippen LogP contribution is -2.05. The molecule has 0 aromatic heterocycles. The molecule has 2 heteroatoms. The normalized spacial score (nSPS) is 20.3. The van der Waals surface area contributed by atoms with Crippen molar-refractivity contribution in [3.8, 4) is 5.75 Å². The second-order valence-electron chi connectivity index (χ2n) is 3.67. The number of aromatic hydroxyl groups is 1. The third-order valence-electron chi connectivity index (χ3n) is 2.85. The molecule has 1 aromatic carbocycles. The fourth-order valence-electron chi connectivity index (χ4n) is 2.15. The lowest BCUT2D eigenvalue weighted by Gasteiger charge is -2.09. The van der Waals surface area contributed by atoms with Gasteiger partial charge in [0.25, 0.3) is 0 Å². The van der Waals surface area contributed by atoms with E-state index < -0.39 is 0 Å². The van der Waals surface area contributed by atoms with Gasteiger partial charge in [-0.3, -0.25) is 0 Å². The van der Waals surface area contributed by atoms with Crippen molar-refractivity contribution < 1.29 is 5.11 Å². The quantitative estimate of drug-likeness (QED) is 0.688. The molecule has 0 aliphatic heterocycles. The molecule has 0 fully saturated rings. The topological polar surface area (TPSA) is 46.2 Å². The number of rotatable bonds is 1. The summed E-state index contributed by atoms with van der Waals surface area (Å²) in [6, 6.07) is 3.80. The van der Waals surface area contributed by atoms with Crippen LogP contribution < -0.4 is 5.73 Å². The third-order valence-corrected chi connectivity index (χ3v) is 2.85. The number of phenols is 1. The van der Waals surface area contributed by atoms with Gasteiger partial charge in [-0.05, 0) is 48.1 Å². The first kappa shape index (κ1) is 8.57. The second-order valence-corrected chi connectivity index (χ2v) is 3.67. The minimum absolute atomic E-state index is 0.132. The molecular weight excluding hydrogens is 162 g/mol. The summed E-state index contributed by atoms with van der Waals surface area (Å²) in [5, 5.41) is 9.47. The Morgan fingerprint density at radius 3 is 3.00 bits per heavy atom. The van der Waals surface area contributed by atoms with Gasteiger partial charge < -0.3 is 10.8 Å². The van der Waals surface area contributed by atoms with Gasteiger partial charge in [-0.15, -0.1) is 0 Å². The van der Waals surface area contributed by atoms with E-state index >= 15 is 0 Å². The standard InChI is InChI=1S/C11H15NO/c1-2-7-5-8(13)6-10-9(7)3-4-11(10)12/h5-6,11,13H,2-4,12H2,1H3. The Kier molecular flexibility index (Phi) is 2.00. The van der Waals surface area contributed by atoms with Gasteiger partial charge in [-0.1, -0.05) is 6.92 Å². The van der Waals surface area contributed by atoms with E-state index in [1.54, 1.807) is 0 Å². The molecule has 0 amide bonds. The SMILES string of the molecule is CCc1cc(O)cc2c1CCC2N. The molecule has 2 rings (SSSR count). The molecule has 0 saturated heterocycles. The molecule has 2 nitrogen and oxygen atoms in total. The van der Waals surface area contributed by atoms with Gasteiger partial charge in [0.1, 0.15) is 5.75 Å². The van der Waals surface area contributed by atoms with Gasteiger partial charge in [-0.2, -0.15) is 0 Å². The number of hydrogen-bond donors (Lipinski definition) is 2. The van der Waals surface area contributed by atoms with Crippen molar-refractivity contribution in [2.24, 2.45) is 5.73 Å². The number of aryl methyl sites for hydroxylation is 1. The first-order valence-electron chi connectivity index (χ1n) is 4.82. The summed E-state index contributed by atoms with van der Waals surface area (Å²) in [7, 11) is 0. The van der Waals surface area contributed by atoms with E-state index in [-0.39, 0.29) is 6.04 Å². The van der Waals surface area contributed by atoms with E-state index in [0.29, 0.717) is 5.75 Å². The smallest absolute Gasteiger partial charge is 0.116 e. The average molecular weight is 177 g/mol. The molecule has 1 aliphatic rings. The number of nitrogens with two attached hydrogens (primary N) is 1. The zero-order chi connectivity index (χ0) is 9.42. The van der Waals surface area contributed by atoms with E-state index in [1.807, 2.05) is 12.1 Å². The summed E-state index contributed by atoms with van der Waals surface area (Å²) >= 11 is 0. The lowest BCUT2D eigenvalue weighted by molar-refractivity contribution is 0.473. The zero-order valence-electron chi connectivity index (χ0n) is 7.88. The highest BCUT2D eigenvalue weighted by Gasteiger charge is 2.21. The number of fused-ring (bicyclic) bond motifs is 1.